The number of hydrogen-bond acceptors (Lipinski definition) is 6. The first kappa shape index (κ1) is 43.7. The van der Waals surface area contributed by atoms with E-state index in [2.05, 4.69) is 252 Å². The Labute approximate surface area is 453 Å². The predicted octanol–water partition coefficient (Wildman–Crippen LogP) is 20.5. The summed E-state index contributed by atoms with van der Waals surface area (Å²) in [5.41, 5.74) is 17.1. The Morgan fingerprint density at radius 1 is 0.291 bits per heavy atom. The molecule has 2 aliphatic rings. The molecule has 0 N–H and O–H groups in total. The second-order valence-electron chi connectivity index (χ2n) is 20.7. The second-order valence-corrected chi connectivity index (χ2v) is 20.7. The van der Waals surface area contributed by atoms with Gasteiger partial charge in [-0.3, -0.25) is 0 Å². The number of fused-ring (bicyclic) bond motifs is 18. The molecule has 0 radical (unpaired) electrons. The van der Waals surface area contributed by atoms with Gasteiger partial charge in [0, 0.05) is 73.1 Å². The summed E-state index contributed by atoms with van der Waals surface area (Å²) in [6, 6.07) is 94.8. The number of nitrogens with zero attached hydrogens (tertiary/aromatic N) is 2. The summed E-state index contributed by atoms with van der Waals surface area (Å²) < 4.78 is 27.8. The molecule has 0 bridgehead atoms. The maximum atomic E-state index is 7.54. The zero-order valence-electron chi connectivity index (χ0n) is 42.4. The van der Waals surface area contributed by atoms with E-state index < -0.39 is 5.41 Å². The number of rotatable bonds is 7. The smallest absolute Gasteiger partial charge is 0.178 e. The number of hydrogen-bond donors (Lipinski definition) is 0. The van der Waals surface area contributed by atoms with Crippen LogP contribution in [0.2, 0.25) is 0 Å². The van der Waals surface area contributed by atoms with Crippen molar-refractivity contribution >= 4 is 99.7 Å². The number of furan rings is 3. The first-order valence-corrected chi connectivity index (χ1v) is 26.8. The van der Waals surface area contributed by atoms with Gasteiger partial charge >= 0.3 is 0 Å². The molecule has 1 aliphatic heterocycles. The number of benzene rings is 12. The van der Waals surface area contributed by atoms with Gasteiger partial charge in [-0.15, -0.1) is 0 Å². The van der Waals surface area contributed by atoms with E-state index in [-0.39, 0.29) is 0 Å². The van der Waals surface area contributed by atoms with Crippen LogP contribution in [-0.2, 0) is 5.41 Å². The van der Waals surface area contributed by atoms with E-state index >= 15 is 0 Å². The van der Waals surface area contributed by atoms with Crippen molar-refractivity contribution in [2.45, 2.75) is 5.41 Å². The van der Waals surface area contributed by atoms with Crippen molar-refractivity contribution in [2.75, 3.05) is 9.80 Å². The fourth-order valence-corrected chi connectivity index (χ4v) is 13.0. The molecule has 0 atom stereocenters. The lowest BCUT2D eigenvalue weighted by molar-refractivity contribution is 0.389. The van der Waals surface area contributed by atoms with Crippen molar-refractivity contribution in [3.05, 3.63) is 289 Å². The van der Waals surface area contributed by atoms with E-state index in [1.165, 1.54) is 11.1 Å². The highest BCUT2D eigenvalue weighted by Crippen LogP contribution is 2.64. The Bertz CT molecular complexity index is 4920. The molecule has 370 valence electrons. The molecule has 0 amide bonds. The van der Waals surface area contributed by atoms with Crippen molar-refractivity contribution in [1.29, 1.82) is 0 Å². The molecule has 17 rings (SSSR count). The lowest BCUT2D eigenvalue weighted by Gasteiger charge is -2.37. The molecule has 0 saturated heterocycles. The van der Waals surface area contributed by atoms with E-state index in [0.29, 0.717) is 5.75 Å². The Morgan fingerprint density at radius 2 is 0.810 bits per heavy atom. The average Bonchev–Trinajstić information content (AvgIpc) is 2.95. The minimum absolute atomic E-state index is 0.684. The monoisotopic (exact) mass is 1010 g/mol. The highest BCUT2D eigenvalue weighted by molar-refractivity contribution is 6.09. The minimum Gasteiger partial charge on any atom is -0.456 e. The zero-order valence-corrected chi connectivity index (χ0v) is 42.4. The minimum atomic E-state index is -0.856. The van der Waals surface area contributed by atoms with E-state index in [1.807, 2.05) is 24.3 Å². The molecule has 1 spiro atoms. The standard InChI is InChI=1S/C73H44N2O4/c1-2-15-45(16-3-1)46-29-31-48(32-30-46)74(49-35-39-67-59(41-49)57-23-9-13-28-66(57)76-67)50-36-40-68-60(42-50)71-72(79-68)73(61-24-10-6-20-54(61)55-21-7-11-25-62(55)73)63-38-34-52(44-70(63)78-71)75(64-26-14-18-47-17-4-5-19-53(47)64)51-33-37-58-56-22-8-12-27-65(56)77-69(58)43-51/h1-44H. The normalized spacial score (nSPS) is 13.0. The molecule has 0 fully saturated rings. The van der Waals surface area contributed by atoms with Crippen molar-refractivity contribution in [3.8, 4) is 33.8 Å². The number of anilines is 6. The fourth-order valence-electron chi connectivity index (χ4n) is 13.0. The van der Waals surface area contributed by atoms with Gasteiger partial charge < -0.3 is 27.8 Å². The topological polar surface area (TPSA) is 55.1 Å². The van der Waals surface area contributed by atoms with E-state index in [9.17, 15) is 0 Å². The van der Waals surface area contributed by atoms with Crippen LogP contribution >= 0.6 is 0 Å². The van der Waals surface area contributed by atoms with Gasteiger partial charge in [0.15, 0.2) is 11.5 Å². The van der Waals surface area contributed by atoms with Crippen LogP contribution in [0, 0.1) is 0 Å². The Kier molecular flexibility index (Phi) is 9.24. The van der Waals surface area contributed by atoms with Crippen LogP contribution in [0.25, 0.3) is 87.9 Å². The average molecular weight is 1010 g/mol. The summed E-state index contributed by atoms with van der Waals surface area (Å²) >= 11 is 0. The van der Waals surface area contributed by atoms with Crippen LogP contribution in [0.5, 0.6) is 11.5 Å². The maximum absolute atomic E-state index is 7.54. The quantitative estimate of drug-likeness (QED) is 0.159. The zero-order chi connectivity index (χ0) is 51.8. The Hall–Kier alpha value is -10.6. The van der Waals surface area contributed by atoms with Gasteiger partial charge in [0.05, 0.1) is 11.1 Å². The molecule has 3 aromatic heterocycles. The molecule has 15 aromatic rings. The molecule has 0 saturated carbocycles. The van der Waals surface area contributed by atoms with Gasteiger partial charge in [-0.1, -0.05) is 170 Å². The van der Waals surface area contributed by atoms with Crippen LogP contribution in [0.4, 0.5) is 34.1 Å². The fraction of sp³-hybridized carbons (Fsp3) is 0.0137. The van der Waals surface area contributed by atoms with E-state index in [0.717, 1.165) is 139 Å². The van der Waals surface area contributed by atoms with Crippen LogP contribution in [-0.4, -0.2) is 0 Å². The predicted molar refractivity (Wildman–Crippen MR) is 320 cm³/mol. The van der Waals surface area contributed by atoms with Crippen LogP contribution < -0.4 is 14.5 Å². The van der Waals surface area contributed by atoms with Crippen molar-refractivity contribution in [1.82, 2.24) is 0 Å². The molecular formula is C73H44N2O4. The molecule has 79 heavy (non-hydrogen) atoms. The lowest BCUT2D eigenvalue weighted by atomic mass is 9.69. The molecule has 6 heteroatoms. The third-order valence-corrected chi connectivity index (χ3v) is 16.5. The van der Waals surface area contributed by atoms with Gasteiger partial charge in [0.2, 0.25) is 0 Å². The van der Waals surface area contributed by atoms with Gasteiger partial charge in [0.1, 0.15) is 39.1 Å². The summed E-state index contributed by atoms with van der Waals surface area (Å²) in [4.78, 5) is 4.66. The third kappa shape index (κ3) is 6.40. The molecular weight excluding hydrogens is 969 g/mol. The van der Waals surface area contributed by atoms with E-state index in [1.54, 1.807) is 0 Å². The summed E-state index contributed by atoms with van der Waals surface area (Å²) in [5.74, 6) is 2.18. The first-order valence-electron chi connectivity index (χ1n) is 26.8. The highest BCUT2D eigenvalue weighted by atomic mass is 16.5. The van der Waals surface area contributed by atoms with Gasteiger partial charge in [-0.25, -0.2) is 0 Å². The van der Waals surface area contributed by atoms with Crippen LogP contribution in [0.3, 0.4) is 0 Å². The number of para-hydroxylation sites is 2. The summed E-state index contributed by atoms with van der Waals surface area (Å²) in [6.07, 6.45) is 0. The molecule has 12 aromatic carbocycles. The van der Waals surface area contributed by atoms with E-state index in [4.69, 9.17) is 18.0 Å². The SMILES string of the molecule is c1ccc(-c2ccc(N(c3ccc4oc5c(c4c3)Oc3cc(N(c4ccc6c(c4)oc4ccccc46)c4cccc6ccccc46)ccc3C53c4ccccc4-c4ccccc43)c3ccc4oc5ccccc5c4c3)cc2)cc1. The summed E-state index contributed by atoms with van der Waals surface area (Å²) in [7, 11) is 0. The van der Waals surface area contributed by atoms with Crippen LogP contribution in [0.15, 0.2) is 280 Å². The van der Waals surface area contributed by atoms with Crippen molar-refractivity contribution < 1.29 is 18.0 Å². The van der Waals surface area contributed by atoms with Gasteiger partial charge in [-0.2, -0.15) is 0 Å². The van der Waals surface area contributed by atoms with Crippen molar-refractivity contribution in [3.63, 3.8) is 0 Å². The maximum Gasteiger partial charge on any atom is 0.178 e. The van der Waals surface area contributed by atoms with Crippen LogP contribution in [0.1, 0.15) is 22.5 Å². The number of ether oxygens (including phenoxy) is 1. The summed E-state index contributed by atoms with van der Waals surface area (Å²) in [5, 5.41) is 7.42. The first-order chi connectivity index (χ1) is 39.1. The lowest BCUT2D eigenvalue weighted by Crippen LogP contribution is -2.31. The van der Waals surface area contributed by atoms with Crippen molar-refractivity contribution in [2.24, 2.45) is 0 Å². The molecule has 0 unspecified atom stereocenters. The van der Waals surface area contributed by atoms with Gasteiger partial charge in [-0.05, 0) is 124 Å². The highest BCUT2D eigenvalue weighted by Gasteiger charge is 2.54. The van der Waals surface area contributed by atoms with Gasteiger partial charge in [0.25, 0.3) is 0 Å². The summed E-state index contributed by atoms with van der Waals surface area (Å²) in [6.45, 7) is 0. The Morgan fingerprint density at radius 3 is 1.57 bits per heavy atom. The third-order valence-electron chi connectivity index (χ3n) is 16.5. The molecule has 4 heterocycles. The Balaban J connectivity index is 0.891. The second kappa shape index (κ2) is 16.7. The molecule has 6 nitrogen and oxygen atoms in total. The molecule has 1 aliphatic carbocycles. The largest absolute Gasteiger partial charge is 0.456 e.